The summed E-state index contributed by atoms with van der Waals surface area (Å²) in [6.45, 7) is 5.08. The van der Waals surface area contributed by atoms with Gasteiger partial charge in [-0.15, -0.1) is 0 Å². The number of amides is 1. The fraction of sp³-hybridized carbons (Fsp3) is 0.529. The lowest BCUT2D eigenvalue weighted by Gasteiger charge is -2.32. The first kappa shape index (κ1) is 17.7. The second-order valence-corrected chi connectivity index (χ2v) is 6.18. The van der Waals surface area contributed by atoms with Crippen molar-refractivity contribution in [1.82, 2.24) is 10.2 Å². The molecule has 0 bridgehead atoms. The minimum absolute atomic E-state index is 0.183. The van der Waals surface area contributed by atoms with Gasteiger partial charge in [-0.3, -0.25) is 10.1 Å². The van der Waals surface area contributed by atoms with Crippen molar-refractivity contribution in [2.75, 3.05) is 33.4 Å². The van der Waals surface area contributed by atoms with Crippen molar-refractivity contribution in [1.29, 1.82) is 0 Å². The Kier molecular flexibility index (Phi) is 6.80. The number of rotatable bonds is 5. The number of thiocarbonyl (C=S) groups is 1. The molecule has 126 valence electrons. The number of carbonyl (C=O) groups is 1. The molecule has 23 heavy (non-hydrogen) atoms. The third kappa shape index (κ3) is 5.48. The van der Waals surface area contributed by atoms with Gasteiger partial charge in [0.25, 0.3) is 5.91 Å². The summed E-state index contributed by atoms with van der Waals surface area (Å²) in [6, 6.07) is 7.02. The van der Waals surface area contributed by atoms with Crippen molar-refractivity contribution in [2.45, 2.75) is 19.8 Å². The predicted octanol–water partition coefficient (Wildman–Crippen LogP) is 2.46. The minimum Gasteiger partial charge on any atom is -0.491 e. The van der Waals surface area contributed by atoms with E-state index in [1.165, 1.54) is 0 Å². The molecule has 1 aliphatic rings. The van der Waals surface area contributed by atoms with Crippen LogP contribution in [-0.4, -0.2) is 49.3 Å². The molecule has 2 rings (SSSR count). The molecule has 1 amide bonds. The van der Waals surface area contributed by atoms with Crippen LogP contribution in [0.4, 0.5) is 0 Å². The van der Waals surface area contributed by atoms with E-state index in [0.717, 1.165) is 31.8 Å². The largest absolute Gasteiger partial charge is 0.491 e. The highest BCUT2D eigenvalue weighted by Crippen LogP contribution is 2.16. The number of benzene rings is 1. The number of methoxy groups -OCH3 is 1. The van der Waals surface area contributed by atoms with Crippen molar-refractivity contribution in [2.24, 2.45) is 5.92 Å². The number of nitrogens with one attached hydrogen (secondary N) is 1. The van der Waals surface area contributed by atoms with Crippen LogP contribution in [0.2, 0.25) is 0 Å². The van der Waals surface area contributed by atoms with Gasteiger partial charge in [0.1, 0.15) is 12.4 Å². The van der Waals surface area contributed by atoms with Crippen molar-refractivity contribution in [3.63, 3.8) is 0 Å². The molecule has 1 saturated heterocycles. The molecule has 0 saturated carbocycles. The maximum Gasteiger partial charge on any atom is 0.257 e. The molecule has 1 N–H and O–H groups in total. The Bertz CT molecular complexity index is 525. The lowest BCUT2D eigenvalue weighted by molar-refractivity contribution is 0.0971. The Hall–Kier alpha value is -1.66. The highest BCUT2D eigenvalue weighted by atomic mass is 32.1. The Balaban J connectivity index is 1.84. The summed E-state index contributed by atoms with van der Waals surface area (Å²) in [4.78, 5) is 14.3. The van der Waals surface area contributed by atoms with Gasteiger partial charge in [-0.2, -0.15) is 0 Å². The Morgan fingerprint density at radius 3 is 2.52 bits per heavy atom. The number of likely N-dealkylation sites (tertiary alicyclic amines) is 1. The molecule has 0 spiro atoms. The molecule has 5 nitrogen and oxygen atoms in total. The smallest absolute Gasteiger partial charge is 0.257 e. The summed E-state index contributed by atoms with van der Waals surface area (Å²) in [5.41, 5.74) is 0.566. The molecule has 1 aromatic carbocycles. The van der Waals surface area contributed by atoms with Gasteiger partial charge in [0.15, 0.2) is 5.11 Å². The van der Waals surface area contributed by atoms with Crippen molar-refractivity contribution < 1.29 is 14.3 Å². The van der Waals surface area contributed by atoms with Crippen LogP contribution < -0.4 is 10.1 Å². The summed E-state index contributed by atoms with van der Waals surface area (Å²) >= 11 is 5.34. The molecular formula is C17H24N2O3S. The second-order valence-electron chi connectivity index (χ2n) is 5.79. The number of piperidine rings is 1. The molecule has 0 aromatic heterocycles. The van der Waals surface area contributed by atoms with Gasteiger partial charge >= 0.3 is 0 Å². The monoisotopic (exact) mass is 336 g/mol. The topological polar surface area (TPSA) is 50.8 Å². The van der Waals surface area contributed by atoms with Crippen LogP contribution in [-0.2, 0) is 4.74 Å². The molecule has 1 heterocycles. The van der Waals surface area contributed by atoms with Gasteiger partial charge < -0.3 is 14.4 Å². The highest BCUT2D eigenvalue weighted by molar-refractivity contribution is 7.80. The van der Waals surface area contributed by atoms with Gasteiger partial charge in [0.05, 0.1) is 6.61 Å². The van der Waals surface area contributed by atoms with Crippen molar-refractivity contribution >= 4 is 23.2 Å². The van der Waals surface area contributed by atoms with Crippen molar-refractivity contribution in [3.05, 3.63) is 29.8 Å². The van der Waals surface area contributed by atoms with Gasteiger partial charge in [0.2, 0.25) is 0 Å². The maximum absolute atomic E-state index is 12.2. The summed E-state index contributed by atoms with van der Waals surface area (Å²) in [7, 11) is 1.63. The third-order valence-corrected chi connectivity index (χ3v) is 4.32. The summed E-state index contributed by atoms with van der Waals surface area (Å²) in [5, 5.41) is 3.33. The first-order valence-corrected chi connectivity index (χ1v) is 8.33. The van der Waals surface area contributed by atoms with E-state index in [1.54, 1.807) is 31.4 Å². The van der Waals surface area contributed by atoms with E-state index >= 15 is 0 Å². The summed E-state index contributed by atoms with van der Waals surface area (Å²) < 4.78 is 10.4. The zero-order valence-electron chi connectivity index (χ0n) is 13.7. The van der Waals surface area contributed by atoms with Crippen LogP contribution in [0.5, 0.6) is 5.75 Å². The third-order valence-electron chi connectivity index (χ3n) is 3.96. The van der Waals surface area contributed by atoms with Crippen LogP contribution in [0, 0.1) is 5.92 Å². The summed E-state index contributed by atoms with van der Waals surface area (Å²) in [5.74, 6) is 1.26. The number of ether oxygens (including phenoxy) is 2. The Morgan fingerprint density at radius 2 is 1.91 bits per heavy atom. The van der Waals surface area contributed by atoms with Crippen LogP contribution in [0.3, 0.4) is 0 Å². The molecule has 0 radical (unpaired) electrons. The molecule has 1 fully saturated rings. The molecular weight excluding hydrogens is 312 g/mol. The average Bonchev–Trinajstić information content (AvgIpc) is 2.56. The second kappa shape index (κ2) is 8.84. The first-order chi connectivity index (χ1) is 11.1. The lowest BCUT2D eigenvalue weighted by atomic mass is 10.00. The number of hydrogen-bond donors (Lipinski definition) is 1. The Labute approximate surface area is 142 Å². The van der Waals surface area contributed by atoms with Crippen LogP contribution >= 0.6 is 12.2 Å². The summed E-state index contributed by atoms with van der Waals surface area (Å²) in [6.07, 6.45) is 2.23. The SMILES string of the molecule is COCCOc1ccc(C(=O)NC(=S)N2CCC(C)CC2)cc1. The molecule has 1 aromatic rings. The van der Waals surface area contributed by atoms with E-state index in [2.05, 4.69) is 17.1 Å². The van der Waals surface area contributed by atoms with Crippen LogP contribution in [0.15, 0.2) is 24.3 Å². The number of nitrogens with zero attached hydrogens (tertiary/aromatic N) is 1. The van der Waals surface area contributed by atoms with Gasteiger partial charge in [-0.05, 0) is 55.2 Å². The normalized spacial score (nSPS) is 15.3. The molecule has 0 aliphatic carbocycles. The van der Waals surface area contributed by atoms with Gasteiger partial charge in [-0.1, -0.05) is 6.92 Å². The van der Waals surface area contributed by atoms with E-state index in [9.17, 15) is 4.79 Å². The minimum atomic E-state index is -0.183. The number of carbonyl (C=O) groups excluding carboxylic acids is 1. The van der Waals surface area contributed by atoms with E-state index in [-0.39, 0.29) is 5.91 Å². The molecule has 1 aliphatic heterocycles. The van der Waals surface area contributed by atoms with E-state index in [4.69, 9.17) is 21.7 Å². The molecule has 0 atom stereocenters. The van der Waals surface area contributed by atoms with E-state index < -0.39 is 0 Å². The van der Waals surface area contributed by atoms with E-state index in [0.29, 0.717) is 29.6 Å². The number of hydrogen-bond acceptors (Lipinski definition) is 4. The zero-order chi connectivity index (χ0) is 16.7. The van der Waals surface area contributed by atoms with Crippen LogP contribution in [0.1, 0.15) is 30.1 Å². The fourth-order valence-corrected chi connectivity index (χ4v) is 2.68. The van der Waals surface area contributed by atoms with Crippen molar-refractivity contribution in [3.8, 4) is 5.75 Å². The highest BCUT2D eigenvalue weighted by Gasteiger charge is 2.19. The van der Waals surface area contributed by atoms with E-state index in [1.807, 2.05) is 0 Å². The zero-order valence-corrected chi connectivity index (χ0v) is 14.5. The fourth-order valence-electron chi connectivity index (χ4n) is 2.41. The standard InChI is InChI=1S/C17H24N2O3S/c1-13-7-9-19(10-8-13)17(23)18-16(20)14-3-5-15(6-4-14)22-12-11-21-2/h3-6,13H,7-12H2,1-2H3,(H,18,20,23). The Morgan fingerprint density at radius 1 is 1.26 bits per heavy atom. The molecule has 0 unspecified atom stereocenters. The maximum atomic E-state index is 12.2. The first-order valence-electron chi connectivity index (χ1n) is 7.92. The molecule has 6 heteroatoms. The lowest BCUT2D eigenvalue weighted by Crippen LogP contribution is -2.46. The van der Waals surface area contributed by atoms with Gasteiger partial charge in [-0.25, -0.2) is 0 Å². The predicted molar refractivity (Wildman–Crippen MR) is 93.8 cm³/mol. The van der Waals surface area contributed by atoms with Crippen LogP contribution in [0.25, 0.3) is 0 Å². The van der Waals surface area contributed by atoms with Gasteiger partial charge in [0, 0.05) is 25.8 Å². The average molecular weight is 336 g/mol. The quantitative estimate of drug-likeness (QED) is 0.661.